The van der Waals surface area contributed by atoms with Crippen molar-refractivity contribution in [2.45, 2.75) is 38.6 Å². The van der Waals surface area contributed by atoms with Crippen molar-refractivity contribution in [3.8, 4) is 0 Å². The summed E-state index contributed by atoms with van der Waals surface area (Å²) < 4.78 is 4.87. The molecule has 0 bridgehead atoms. The van der Waals surface area contributed by atoms with Gasteiger partial charge in [-0.3, -0.25) is 4.79 Å². The van der Waals surface area contributed by atoms with Crippen molar-refractivity contribution in [3.63, 3.8) is 0 Å². The smallest absolute Gasteiger partial charge is 0.273 e. The Morgan fingerprint density at radius 2 is 2.24 bits per heavy atom. The predicted molar refractivity (Wildman–Crippen MR) is 61.5 cm³/mol. The van der Waals surface area contributed by atoms with Crippen LogP contribution in [0.15, 0.2) is 10.6 Å². The first-order chi connectivity index (χ1) is 8.19. The molecule has 1 aromatic rings. The maximum atomic E-state index is 11.8. The molecule has 1 heterocycles. The second-order valence-corrected chi connectivity index (χ2v) is 4.70. The molecule has 0 aromatic carbocycles. The molecule has 1 aliphatic carbocycles. The van der Waals surface area contributed by atoms with Gasteiger partial charge in [0.05, 0.1) is 0 Å². The summed E-state index contributed by atoms with van der Waals surface area (Å²) in [4.78, 5) is 11.8. The fourth-order valence-corrected chi connectivity index (χ4v) is 2.22. The minimum absolute atomic E-state index is 0.172. The van der Waals surface area contributed by atoms with E-state index in [2.05, 4.69) is 10.5 Å². The Labute approximate surface area is 100 Å². The molecule has 17 heavy (non-hydrogen) atoms. The summed E-state index contributed by atoms with van der Waals surface area (Å²) in [5, 5.41) is 15.7. The van der Waals surface area contributed by atoms with Crippen LogP contribution in [0.3, 0.4) is 0 Å². The summed E-state index contributed by atoms with van der Waals surface area (Å²) in [5.74, 6) is 0.867. The van der Waals surface area contributed by atoms with Gasteiger partial charge in [0.25, 0.3) is 5.91 Å². The molecular weight excluding hydrogens is 220 g/mol. The van der Waals surface area contributed by atoms with Gasteiger partial charge in [0.1, 0.15) is 5.76 Å². The molecule has 94 valence electrons. The maximum absolute atomic E-state index is 11.8. The minimum atomic E-state index is -0.172. The number of aliphatic hydroxyl groups is 1. The first-order valence-corrected chi connectivity index (χ1v) is 6.04. The number of amides is 1. The second kappa shape index (κ2) is 5.31. The summed E-state index contributed by atoms with van der Waals surface area (Å²) >= 11 is 0. The molecule has 0 saturated heterocycles. The van der Waals surface area contributed by atoms with E-state index in [1.807, 2.05) is 0 Å². The Morgan fingerprint density at radius 3 is 2.76 bits per heavy atom. The molecule has 5 nitrogen and oxygen atoms in total. The van der Waals surface area contributed by atoms with Crippen molar-refractivity contribution in [1.82, 2.24) is 10.5 Å². The number of hydrogen-bond acceptors (Lipinski definition) is 4. The van der Waals surface area contributed by atoms with Gasteiger partial charge in [-0.15, -0.1) is 0 Å². The highest BCUT2D eigenvalue weighted by molar-refractivity contribution is 5.92. The lowest BCUT2D eigenvalue weighted by atomic mass is 9.86. The van der Waals surface area contributed by atoms with Gasteiger partial charge in [-0.25, -0.2) is 0 Å². The molecule has 1 saturated carbocycles. The lowest BCUT2D eigenvalue weighted by Gasteiger charge is -2.27. The van der Waals surface area contributed by atoms with E-state index < -0.39 is 0 Å². The lowest BCUT2D eigenvalue weighted by Crippen LogP contribution is -2.38. The van der Waals surface area contributed by atoms with Crippen LogP contribution in [0.25, 0.3) is 0 Å². The summed E-state index contributed by atoms with van der Waals surface area (Å²) in [6.07, 6.45) is 3.79. The molecular formula is C12H18N2O3. The van der Waals surface area contributed by atoms with Crippen LogP contribution in [0, 0.1) is 12.8 Å². The second-order valence-electron chi connectivity index (χ2n) is 4.70. The third-order valence-electron chi connectivity index (χ3n) is 3.30. The fourth-order valence-electron chi connectivity index (χ4n) is 2.22. The van der Waals surface area contributed by atoms with Crippen molar-refractivity contribution in [2.75, 3.05) is 6.61 Å². The quantitative estimate of drug-likeness (QED) is 0.831. The van der Waals surface area contributed by atoms with Crippen molar-refractivity contribution in [2.24, 2.45) is 5.92 Å². The van der Waals surface area contributed by atoms with Gasteiger partial charge in [0, 0.05) is 18.7 Å². The number of aromatic nitrogens is 1. The zero-order valence-electron chi connectivity index (χ0n) is 9.98. The van der Waals surface area contributed by atoms with E-state index in [1.165, 1.54) is 0 Å². The number of aryl methyl sites for hydroxylation is 1. The van der Waals surface area contributed by atoms with E-state index in [-0.39, 0.29) is 18.6 Å². The molecule has 0 aliphatic heterocycles. The largest absolute Gasteiger partial charge is 0.396 e. The number of carbonyl (C=O) groups excluding carboxylic acids is 1. The monoisotopic (exact) mass is 238 g/mol. The van der Waals surface area contributed by atoms with Crippen LogP contribution in [0.2, 0.25) is 0 Å². The van der Waals surface area contributed by atoms with Gasteiger partial charge in [0.15, 0.2) is 5.69 Å². The van der Waals surface area contributed by atoms with Crippen LogP contribution in [0.4, 0.5) is 0 Å². The van der Waals surface area contributed by atoms with Crippen molar-refractivity contribution >= 4 is 5.91 Å². The van der Waals surface area contributed by atoms with Crippen molar-refractivity contribution in [3.05, 3.63) is 17.5 Å². The molecule has 1 amide bonds. The molecule has 1 aliphatic rings. The van der Waals surface area contributed by atoms with E-state index >= 15 is 0 Å². The van der Waals surface area contributed by atoms with E-state index in [4.69, 9.17) is 9.63 Å². The Morgan fingerprint density at radius 1 is 1.53 bits per heavy atom. The first kappa shape index (κ1) is 12.1. The Balaban J connectivity index is 1.84. The van der Waals surface area contributed by atoms with Gasteiger partial charge in [-0.05, 0) is 38.5 Å². The third-order valence-corrected chi connectivity index (χ3v) is 3.30. The Hall–Kier alpha value is -1.36. The molecule has 1 aromatic heterocycles. The average Bonchev–Trinajstić information content (AvgIpc) is 2.77. The molecule has 0 atom stereocenters. The van der Waals surface area contributed by atoms with Crippen LogP contribution >= 0.6 is 0 Å². The number of nitrogens with zero attached hydrogens (tertiary/aromatic N) is 1. The van der Waals surface area contributed by atoms with Crippen LogP contribution in [0.1, 0.15) is 41.9 Å². The Bertz CT molecular complexity index is 381. The van der Waals surface area contributed by atoms with Crippen molar-refractivity contribution < 1.29 is 14.4 Å². The summed E-state index contributed by atoms with van der Waals surface area (Å²) in [5.41, 5.74) is 0.340. The van der Waals surface area contributed by atoms with Crippen LogP contribution < -0.4 is 5.32 Å². The number of carbonyl (C=O) groups is 1. The first-order valence-electron chi connectivity index (χ1n) is 6.04. The SMILES string of the molecule is Cc1cc(C(=O)NC2CCC(CO)CC2)no1. The lowest BCUT2D eigenvalue weighted by molar-refractivity contribution is 0.0905. The summed E-state index contributed by atoms with van der Waals surface area (Å²) in [6, 6.07) is 1.83. The van der Waals surface area contributed by atoms with Crippen LogP contribution in [-0.4, -0.2) is 28.8 Å². The van der Waals surface area contributed by atoms with Gasteiger partial charge < -0.3 is 14.9 Å². The highest BCUT2D eigenvalue weighted by Crippen LogP contribution is 2.23. The maximum Gasteiger partial charge on any atom is 0.273 e. The molecule has 2 rings (SSSR count). The molecule has 0 radical (unpaired) electrons. The highest BCUT2D eigenvalue weighted by atomic mass is 16.5. The number of hydrogen-bond donors (Lipinski definition) is 2. The molecule has 0 unspecified atom stereocenters. The molecule has 5 heteroatoms. The zero-order valence-corrected chi connectivity index (χ0v) is 9.98. The van der Waals surface area contributed by atoms with Gasteiger partial charge in [-0.2, -0.15) is 0 Å². The zero-order chi connectivity index (χ0) is 12.3. The fraction of sp³-hybridized carbons (Fsp3) is 0.667. The standard InChI is InChI=1S/C12H18N2O3/c1-8-6-11(14-17-8)12(16)13-10-4-2-9(7-15)3-5-10/h6,9-10,15H,2-5,7H2,1H3,(H,13,16). The minimum Gasteiger partial charge on any atom is -0.396 e. The predicted octanol–water partition coefficient (Wildman–Crippen LogP) is 1.26. The molecule has 0 spiro atoms. The average molecular weight is 238 g/mol. The van der Waals surface area contributed by atoms with Crippen molar-refractivity contribution in [1.29, 1.82) is 0 Å². The number of nitrogens with one attached hydrogen (secondary N) is 1. The molecule has 2 N–H and O–H groups in total. The topological polar surface area (TPSA) is 75.4 Å². The normalized spacial score (nSPS) is 24.6. The Kier molecular flexibility index (Phi) is 3.78. The molecule has 1 fully saturated rings. The third kappa shape index (κ3) is 3.06. The van der Waals surface area contributed by atoms with E-state index in [1.54, 1.807) is 13.0 Å². The summed E-state index contributed by atoms with van der Waals surface area (Å²) in [7, 11) is 0. The van der Waals surface area contributed by atoms with Crippen LogP contribution in [0.5, 0.6) is 0 Å². The van der Waals surface area contributed by atoms with Gasteiger partial charge in [-0.1, -0.05) is 5.16 Å². The van der Waals surface area contributed by atoms with E-state index in [0.29, 0.717) is 17.4 Å². The van der Waals surface area contributed by atoms with Gasteiger partial charge in [0.2, 0.25) is 0 Å². The van der Waals surface area contributed by atoms with Crippen LogP contribution in [-0.2, 0) is 0 Å². The summed E-state index contributed by atoms with van der Waals surface area (Å²) in [6.45, 7) is 2.01. The van der Waals surface area contributed by atoms with E-state index in [9.17, 15) is 4.79 Å². The number of rotatable bonds is 3. The van der Waals surface area contributed by atoms with Gasteiger partial charge >= 0.3 is 0 Å². The number of aliphatic hydroxyl groups excluding tert-OH is 1. The highest BCUT2D eigenvalue weighted by Gasteiger charge is 2.23. The van der Waals surface area contributed by atoms with E-state index in [0.717, 1.165) is 25.7 Å².